The molecular formula is C15H22ClNO3S. The van der Waals surface area contributed by atoms with Crippen LogP contribution in [0.1, 0.15) is 38.7 Å². The zero-order chi connectivity index (χ0) is 15.6. The Bertz CT molecular complexity index is 597. The third kappa shape index (κ3) is 3.97. The van der Waals surface area contributed by atoms with Crippen LogP contribution in [0.25, 0.3) is 0 Å². The summed E-state index contributed by atoms with van der Waals surface area (Å²) < 4.78 is 27.2. The van der Waals surface area contributed by atoms with E-state index in [0.29, 0.717) is 18.0 Å². The van der Waals surface area contributed by atoms with E-state index < -0.39 is 10.0 Å². The largest absolute Gasteiger partial charge is 0.392 e. The molecule has 2 rings (SSSR count). The highest BCUT2D eigenvalue weighted by Gasteiger charge is 2.37. The van der Waals surface area contributed by atoms with E-state index in [1.807, 2.05) is 0 Å². The maximum atomic E-state index is 12.8. The maximum absolute atomic E-state index is 12.8. The van der Waals surface area contributed by atoms with Crippen molar-refractivity contribution >= 4 is 21.6 Å². The first-order valence-electron chi connectivity index (χ1n) is 7.27. The molecule has 0 heterocycles. The first-order valence-corrected chi connectivity index (χ1v) is 9.09. The Kier molecular flexibility index (Phi) is 5.30. The molecule has 1 aliphatic rings. The third-order valence-electron chi connectivity index (χ3n) is 3.68. The topological polar surface area (TPSA) is 57.6 Å². The van der Waals surface area contributed by atoms with Crippen LogP contribution in [0.3, 0.4) is 0 Å². The van der Waals surface area contributed by atoms with E-state index in [-0.39, 0.29) is 22.6 Å². The molecule has 0 amide bonds. The summed E-state index contributed by atoms with van der Waals surface area (Å²) in [6.07, 6.45) is 2.71. The molecule has 0 atom stereocenters. The molecule has 0 bridgehead atoms. The number of aliphatic hydroxyl groups excluding tert-OH is 1. The maximum Gasteiger partial charge on any atom is 0.243 e. The summed E-state index contributed by atoms with van der Waals surface area (Å²) in [6.45, 7) is 4.53. The number of halogens is 1. The molecule has 1 aromatic carbocycles. The van der Waals surface area contributed by atoms with Crippen molar-refractivity contribution in [2.24, 2.45) is 5.92 Å². The van der Waals surface area contributed by atoms with Gasteiger partial charge in [-0.15, -0.1) is 0 Å². The van der Waals surface area contributed by atoms with Gasteiger partial charge in [0.2, 0.25) is 10.0 Å². The average Bonchev–Trinajstić information content (AvgIpc) is 3.22. The van der Waals surface area contributed by atoms with Crippen molar-refractivity contribution < 1.29 is 13.5 Å². The van der Waals surface area contributed by atoms with Gasteiger partial charge in [-0.05, 0) is 42.9 Å². The lowest BCUT2D eigenvalue weighted by Crippen LogP contribution is -2.34. The minimum Gasteiger partial charge on any atom is -0.392 e. The van der Waals surface area contributed by atoms with E-state index in [1.54, 1.807) is 10.4 Å². The monoisotopic (exact) mass is 331 g/mol. The highest BCUT2D eigenvalue weighted by Crippen LogP contribution is 2.33. The summed E-state index contributed by atoms with van der Waals surface area (Å²) in [5, 5.41) is 9.41. The van der Waals surface area contributed by atoms with Gasteiger partial charge in [-0.25, -0.2) is 8.42 Å². The van der Waals surface area contributed by atoms with Crippen LogP contribution in [0, 0.1) is 5.92 Å². The third-order valence-corrected chi connectivity index (χ3v) is 5.98. The van der Waals surface area contributed by atoms with Gasteiger partial charge in [-0.2, -0.15) is 4.31 Å². The number of hydrogen-bond acceptors (Lipinski definition) is 3. The van der Waals surface area contributed by atoms with E-state index in [4.69, 9.17) is 16.7 Å². The second-order valence-electron chi connectivity index (χ2n) is 5.94. The highest BCUT2D eigenvalue weighted by atomic mass is 35.5. The van der Waals surface area contributed by atoms with Crippen molar-refractivity contribution in [1.29, 1.82) is 0 Å². The highest BCUT2D eigenvalue weighted by molar-refractivity contribution is 7.89. The number of aliphatic hydroxyl groups is 1. The van der Waals surface area contributed by atoms with Gasteiger partial charge < -0.3 is 5.11 Å². The van der Waals surface area contributed by atoms with Gasteiger partial charge in [0.25, 0.3) is 0 Å². The Labute approximate surface area is 131 Å². The first-order chi connectivity index (χ1) is 9.86. The van der Waals surface area contributed by atoms with Crippen LogP contribution in [0.2, 0.25) is 5.02 Å². The second kappa shape index (κ2) is 6.65. The van der Waals surface area contributed by atoms with Gasteiger partial charge in [0.05, 0.1) is 11.5 Å². The molecule has 4 nitrogen and oxygen atoms in total. The number of nitrogens with zero attached hydrogens (tertiary/aromatic N) is 1. The van der Waals surface area contributed by atoms with Gasteiger partial charge in [-0.3, -0.25) is 0 Å². The van der Waals surface area contributed by atoms with Crippen LogP contribution in [0.15, 0.2) is 23.1 Å². The fourth-order valence-corrected chi connectivity index (χ4v) is 4.23. The normalized spacial score (nSPS) is 15.9. The Balaban J connectivity index is 2.27. The van der Waals surface area contributed by atoms with Crippen LogP contribution >= 0.6 is 11.6 Å². The van der Waals surface area contributed by atoms with E-state index in [0.717, 1.165) is 19.3 Å². The predicted molar refractivity (Wildman–Crippen MR) is 83.7 cm³/mol. The fraction of sp³-hybridized carbons (Fsp3) is 0.600. The Morgan fingerprint density at radius 2 is 2.05 bits per heavy atom. The number of benzene rings is 1. The fourth-order valence-electron chi connectivity index (χ4n) is 2.20. The molecule has 0 radical (unpaired) electrons. The SMILES string of the molecule is CC(C)CCN(C1CC1)S(=O)(=O)c1ccc(CO)c(Cl)c1. The second-order valence-corrected chi connectivity index (χ2v) is 8.24. The van der Waals surface area contributed by atoms with Crippen LogP contribution in [0.4, 0.5) is 0 Å². The van der Waals surface area contributed by atoms with Gasteiger partial charge in [0.15, 0.2) is 0 Å². The summed E-state index contributed by atoms with van der Waals surface area (Å²) in [4.78, 5) is 0.209. The van der Waals surface area contributed by atoms with Crippen LogP contribution in [0.5, 0.6) is 0 Å². The first kappa shape index (κ1) is 16.7. The predicted octanol–water partition coefficient (Wildman–Crippen LogP) is 3.03. The molecule has 21 heavy (non-hydrogen) atoms. The molecule has 0 unspecified atom stereocenters. The molecule has 0 spiro atoms. The van der Waals surface area contributed by atoms with E-state index in [2.05, 4.69) is 13.8 Å². The molecule has 0 aliphatic heterocycles. The molecule has 1 fully saturated rings. The molecule has 1 aliphatic carbocycles. The van der Waals surface area contributed by atoms with Crippen molar-refractivity contribution in [2.45, 2.75) is 50.7 Å². The quantitative estimate of drug-likeness (QED) is 0.835. The van der Waals surface area contributed by atoms with Gasteiger partial charge in [0, 0.05) is 17.6 Å². The van der Waals surface area contributed by atoms with Gasteiger partial charge >= 0.3 is 0 Å². The standard InChI is InChI=1S/C15H22ClNO3S/c1-11(2)7-8-17(13-4-5-13)21(19,20)14-6-3-12(10-18)15(16)9-14/h3,6,9,11,13,18H,4-5,7-8,10H2,1-2H3. The molecule has 1 aromatic rings. The van der Waals surface area contributed by atoms with Crippen LogP contribution in [-0.2, 0) is 16.6 Å². The molecule has 6 heteroatoms. The van der Waals surface area contributed by atoms with E-state index in [1.165, 1.54) is 12.1 Å². The van der Waals surface area contributed by atoms with Crippen molar-refractivity contribution in [1.82, 2.24) is 4.31 Å². The molecule has 118 valence electrons. The minimum absolute atomic E-state index is 0.130. The lowest BCUT2D eigenvalue weighted by molar-refractivity contribution is 0.282. The molecule has 1 saturated carbocycles. The van der Waals surface area contributed by atoms with E-state index >= 15 is 0 Å². The smallest absolute Gasteiger partial charge is 0.243 e. The van der Waals surface area contributed by atoms with Gasteiger partial charge in [-0.1, -0.05) is 31.5 Å². The lowest BCUT2D eigenvalue weighted by atomic mass is 10.1. The number of sulfonamides is 1. The molecule has 0 aromatic heterocycles. The molecular weight excluding hydrogens is 310 g/mol. The van der Waals surface area contributed by atoms with Crippen molar-refractivity contribution in [3.8, 4) is 0 Å². The van der Waals surface area contributed by atoms with E-state index in [9.17, 15) is 8.42 Å². The zero-order valence-electron chi connectivity index (χ0n) is 12.4. The number of hydrogen-bond donors (Lipinski definition) is 1. The summed E-state index contributed by atoms with van der Waals surface area (Å²) in [5.74, 6) is 0.460. The van der Waals surface area contributed by atoms with Crippen LogP contribution in [-0.4, -0.2) is 30.4 Å². The summed E-state index contributed by atoms with van der Waals surface area (Å²) >= 11 is 6.02. The zero-order valence-corrected chi connectivity index (χ0v) is 14.0. The number of rotatable bonds is 7. The molecule has 1 N–H and O–H groups in total. The average molecular weight is 332 g/mol. The summed E-state index contributed by atoms with van der Waals surface area (Å²) in [5.41, 5.74) is 0.538. The lowest BCUT2D eigenvalue weighted by Gasteiger charge is -2.23. The Morgan fingerprint density at radius 1 is 1.38 bits per heavy atom. The molecule has 0 saturated heterocycles. The Hall–Kier alpha value is -0.620. The summed E-state index contributed by atoms with van der Waals surface area (Å²) in [6, 6.07) is 4.66. The van der Waals surface area contributed by atoms with Crippen molar-refractivity contribution in [3.05, 3.63) is 28.8 Å². The van der Waals surface area contributed by atoms with Crippen LogP contribution < -0.4 is 0 Å². The van der Waals surface area contributed by atoms with Gasteiger partial charge in [0.1, 0.15) is 0 Å². The van der Waals surface area contributed by atoms with Crippen molar-refractivity contribution in [3.63, 3.8) is 0 Å². The minimum atomic E-state index is -3.51. The Morgan fingerprint density at radius 3 is 2.52 bits per heavy atom. The summed E-state index contributed by atoms with van der Waals surface area (Å²) in [7, 11) is -3.51. The van der Waals surface area contributed by atoms with Crippen molar-refractivity contribution in [2.75, 3.05) is 6.54 Å².